The Labute approximate surface area is 110 Å². The third-order valence-corrected chi connectivity index (χ3v) is 2.54. The lowest BCUT2D eigenvalue weighted by Gasteiger charge is -2.09. The number of hydrogen-bond donors (Lipinski definition) is 2. The molecule has 6 heteroatoms. The first-order chi connectivity index (χ1) is 8.69. The van der Waals surface area contributed by atoms with E-state index in [1.54, 1.807) is 7.11 Å². The molecule has 0 fully saturated rings. The lowest BCUT2D eigenvalue weighted by atomic mass is 10.2. The number of halogens is 1. The van der Waals surface area contributed by atoms with Crippen molar-refractivity contribution in [1.82, 2.24) is 9.97 Å². The Morgan fingerprint density at radius 1 is 1.44 bits per heavy atom. The van der Waals surface area contributed by atoms with Gasteiger partial charge in [-0.2, -0.15) is 4.98 Å². The largest absolute Gasteiger partial charge is 0.380 e. The fourth-order valence-electron chi connectivity index (χ4n) is 1.51. The van der Waals surface area contributed by atoms with E-state index in [-0.39, 0.29) is 5.95 Å². The molecule has 0 amide bonds. The quantitative estimate of drug-likeness (QED) is 0.888. The summed E-state index contributed by atoms with van der Waals surface area (Å²) in [6.45, 7) is 0.551. The molecule has 1 aromatic heterocycles. The zero-order valence-electron chi connectivity index (χ0n) is 9.85. The highest BCUT2D eigenvalue weighted by atomic mass is 35.5. The smallest absolute Gasteiger partial charge is 0.222 e. The van der Waals surface area contributed by atoms with Crippen LogP contribution in [0.2, 0.25) is 5.02 Å². The van der Waals surface area contributed by atoms with Crippen molar-refractivity contribution in [1.29, 1.82) is 0 Å². The van der Waals surface area contributed by atoms with Crippen LogP contribution in [-0.2, 0) is 11.3 Å². The molecule has 0 aliphatic heterocycles. The Kier molecular flexibility index (Phi) is 3.96. The van der Waals surface area contributed by atoms with E-state index in [9.17, 15) is 0 Å². The predicted molar refractivity (Wildman–Crippen MR) is 71.9 cm³/mol. The highest BCUT2D eigenvalue weighted by molar-refractivity contribution is 6.32. The molecule has 0 unspecified atom stereocenters. The van der Waals surface area contributed by atoms with Crippen molar-refractivity contribution in [2.45, 2.75) is 6.61 Å². The summed E-state index contributed by atoms with van der Waals surface area (Å²) in [7, 11) is 1.65. The lowest BCUT2D eigenvalue weighted by molar-refractivity contribution is 0.185. The number of aromatic nitrogens is 2. The van der Waals surface area contributed by atoms with Crippen LogP contribution in [0.3, 0.4) is 0 Å². The van der Waals surface area contributed by atoms with Gasteiger partial charge in [0.25, 0.3) is 0 Å². The van der Waals surface area contributed by atoms with Gasteiger partial charge in [0.05, 0.1) is 12.8 Å². The van der Waals surface area contributed by atoms with Gasteiger partial charge in [0.1, 0.15) is 5.02 Å². The van der Waals surface area contributed by atoms with Crippen LogP contribution in [0.5, 0.6) is 0 Å². The molecular weight excluding hydrogens is 252 g/mol. The molecule has 0 atom stereocenters. The fraction of sp³-hybridized carbons (Fsp3) is 0.167. The van der Waals surface area contributed by atoms with Gasteiger partial charge in [-0.25, -0.2) is 4.98 Å². The van der Waals surface area contributed by atoms with Gasteiger partial charge in [-0.3, -0.25) is 0 Å². The predicted octanol–water partition coefficient (Wildman–Crippen LogP) is 2.60. The average Bonchev–Trinajstić information content (AvgIpc) is 2.35. The summed E-state index contributed by atoms with van der Waals surface area (Å²) in [6, 6.07) is 7.77. The summed E-state index contributed by atoms with van der Waals surface area (Å²) in [5, 5.41) is 3.51. The molecule has 0 saturated carbocycles. The van der Waals surface area contributed by atoms with Crippen LogP contribution in [0.25, 0.3) is 0 Å². The van der Waals surface area contributed by atoms with Gasteiger partial charge in [-0.15, -0.1) is 0 Å². The molecule has 18 heavy (non-hydrogen) atoms. The Balaban J connectivity index is 2.22. The molecule has 5 nitrogen and oxygen atoms in total. The summed E-state index contributed by atoms with van der Waals surface area (Å²) in [6.07, 6.45) is 1.46. The van der Waals surface area contributed by atoms with Crippen molar-refractivity contribution in [2.24, 2.45) is 0 Å². The van der Waals surface area contributed by atoms with E-state index in [2.05, 4.69) is 15.3 Å². The number of nitrogen functional groups attached to an aromatic ring is 1. The van der Waals surface area contributed by atoms with Gasteiger partial charge >= 0.3 is 0 Å². The number of methoxy groups -OCH3 is 1. The van der Waals surface area contributed by atoms with Crippen molar-refractivity contribution in [2.75, 3.05) is 18.2 Å². The van der Waals surface area contributed by atoms with Crippen LogP contribution in [-0.4, -0.2) is 17.1 Å². The third-order valence-electron chi connectivity index (χ3n) is 2.26. The normalized spacial score (nSPS) is 10.3. The average molecular weight is 265 g/mol. The first-order valence-corrected chi connectivity index (χ1v) is 5.70. The minimum Gasteiger partial charge on any atom is -0.380 e. The first-order valence-electron chi connectivity index (χ1n) is 5.32. The van der Waals surface area contributed by atoms with Gasteiger partial charge in [-0.05, 0) is 17.7 Å². The van der Waals surface area contributed by atoms with Crippen LogP contribution < -0.4 is 11.1 Å². The monoisotopic (exact) mass is 264 g/mol. The third kappa shape index (κ3) is 3.09. The molecular formula is C12H13ClN4O. The number of rotatable bonds is 4. The van der Waals surface area contributed by atoms with Gasteiger partial charge in [0.2, 0.25) is 5.95 Å². The Morgan fingerprint density at radius 2 is 2.28 bits per heavy atom. The number of anilines is 3. The van der Waals surface area contributed by atoms with E-state index in [1.165, 1.54) is 6.20 Å². The molecule has 2 aromatic rings. The van der Waals surface area contributed by atoms with E-state index in [1.807, 2.05) is 24.3 Å². The molecule has 0 spiro atoms. The van der Waals surface area contributed by atoms with Gasteiger partial charge < -0.3 is 15.8 Å². The van der Waals surface area contributed by atoms with Crippen LogP contribution in [0.1, 0.15) is 5.56 Å². The molecule has 94 valence electrons. The summed E-state index contributed by atoms with van der Waals surface area (Å²) in [5.41, 5.74) is 7.44. The van der Waals surface area contributed by atoms with Gasteiger partial charge in [0, 0.05) is 12.8 Å². The first kappa shape index (κ1) is 12.6. The topological polar surface area (TPSA) is 73.1 Å². The van der Waals surface area contributed by atoms with Crippen molar-refractivity contribution in [3.05, 3.63) is 41.0 Å². The van der Waals surface area contributed by atoms with Crippen LogP contribution in [0, 0.1) is 0 Å². The summed E-state index contributed by atoms with van der Waals surface area (Å²) < 4.78 is 5.08. The maximum absolute atomic E-state index is 5.98. The van der Waals surface area contributed by atoms with Crippen LogP contribution >= 0.6 is 11.6 Å². The van der Waals surface area contributed by atoms with E-state index in [0.717, 1.165) is 11.3 Å². The van der Waals surface area contributed by atoms with Crippen molar-refractivity contribution >= 4 is 29.1 Å². The molecule has 0 aliphatic carbocycles. The second-order valence-corrected chi connectivity index (χ2v) is 4.09. The molecule has 0 saturated heterocycles. The lowest BCUT2D eigenvalue weighted by Crippen LogP contribution is -2.00. The minimum atomic E-state index is 0.176. The number of benzene rings is 1. The minimum absolute atomic E-state index is 0.176. The fourth-order valence-corrected chi connectivity index (χ4v) is 1.65. The number of hydrogen-bond acceptors (Lipinski definition) is 5. The summed E-state index contributed by atoms with van der Waals surface area (Å²) in [4.78, 5) is 7.84. The Hall–Kier alpha value is -1.85. The molecule has 0 aliphatic rings. The molecule has 0 radical (unpaired) electrons. The van der Waals surface area contributed by atoms with Crippen molar-refractivity contribution in [3.63, 3.8) is 0 Å². The Bertz CT molecular complexity index is 547. The molecule has 2 rings (SSSR count). The molecule has 3 N–H and O–H groups in total. The zero-order chi connectivity index (χ0) is 13.0. The van der Waals surface area contributed by atoms with E-state index >= 15 is 0 Å². The summed E-state index contributed by atoms with van der Waals surface area (Å²) >= 11 is 5.98. The number of nitrogens with zero attached hydrogens (tertiary/aromatic N) is 2. The molecule has 1 heterocycles. The van der Waals surface area contributed by atoms with Gasteiger partial charge in [-0.1, -0.05) is 23.7 Å². The van der Waals surface area contributed by atoms with E-state index < -0.39 is 0 Å². The van der Waals surface area contributed by atoms with Gasteiger partial charge in [0.15, 0.2) is 5.82 Å². The van der Waals surface area contributed by atoms with Crippen molar-refractivity contribution in [3.8, 4) is 0 Å². The number of ether oxygens (including phenoxy) is 1. The van der Waals surface area contributed by atoms with E-state index in [0.29, 0.717) is 17.4 Å². The van der Waals surface area contributed by atoms with Crippen molar-refractivity contribution < 1.29 is 4.74 Å². The highest BCUT2D eigenvalue weighted by Gasteiger charge is 2.04. The maximum atomic E-state index is 5.98. The zero-order valence-corrected chi connectivity index (χ0v) is 10.6. The second-order valence-electron chi connectivity index (χ2n) is 3.68. The second kappa shape index (κ2) is 5.66. The Morgan fingerprint density at radius 3 is 3.06 bits per heavy atom. The molecule has 0 bridgehead atoms. The highest BCUT2D eigenvalue weighted by Crippen LogP contribution is 2.23. The molecule has 1 aromatic carbocycles. The van der Waals surface area contributed by atoms with Crippen LogP contribution in [0.4, 0.5) is 17.5 Å². The maximum Gasteiger partial charge on any atom is 0.222 e. The standard InChI is InChI=1S/C12H13ClN4O/c1-18-7-8-3-2-4-9(5-8)16-11-10(13)6-15-12(14)17-11/h2-6H,7H2,1H3,(H3,14,15,16,17). The number of nitrogens with two attached hydrogens (primary N) is 1. The number of nitrogens with one attached hydrogen (secondary N) is 1. The van der Waals surface area contributed by atoms with E-state index in [4.69, 9.17) is 22.1 Å². The SMILES string of the molecule is COCc1cccc(Nc2nc(N)ncc2Cl)c1. The summed E-state index contributed by atoms with van der Waals surface area (Å²) in [5.74, 6) is 0.661. The van der Waals surface area contributed by atoms with Crippen LogP contribution in [0.15, 0.2) is 30.5 Å².